The van der Waals surface area contributed by atoms with E-state index in [2.05, 4.69) is 4.72 Å². The molecule has 0 bridgehead atoms. The minimum atomic E-state index is -3.85. The van der Waals surface area contributed by atoms with Crippen molar-refractivity contribution in [1.82, 2.24) is 0 Å². The molecule has 2 rings (SSSR count). The molecule has 0 radical (unpaired) electrons. The highest BCUT2D eigenvalue weighted by Gasteiger charge is 2.18. The van der Waals surface area contributed by atoms with Crippen LogP contribution in [0.1, 0.15) is 4.88 Å². The molecule has 0 saturated heterocycles. The van der Waals surface area contributed by atoms with Crippen LogP contribution in [0.4, 0.5) is 10.1 Å². The normalized spacial score (nSPS) is 10.9. The average molecular weight is 282 g/mol. The predicted molar refractivity (Wildman–Crippen MR) is 66.2 cm³/mol. The molecule has 1 heterocycles. The number of thiophene rings is 1. The Labute approximate surface area is 107 Å². The molecule has 92 valence electrons. The number of nitrogens with one attached hydrogen (secondary N) is 1. The van der Waals surface area contributed by atoms with Gasteiger partial charge in [0.1, 0.15) is 21.0 Å². The van der Waals surface area contributed by atoms with E-state index in [0.717, 1.165) is 17.4 Å². The second-order valence-corrected chi connectivity index (χ2v) is 6.31. The number of anilines is 1. The predicted octanol–water partition coefficient (Wildman–Crippen LogP) is 2.56. The minimum Gasteiger partial charge on any atom is -0.276 e. The molecule has 4 nitrogen and oxygen atoms in total. The fourth-order valence-electron chi connectivity index (χ4n) is 1.26. The maximum atomic E-state index is 13.3. The lowest BCUT2D eigenvalue weighted by Crippen LogP contribution is -2.12. The van der Waals surface area contributed by atoms with Gasteiger partial charge in [-0.1, -0.05) is 12.1 Å². The Bertz CT molecular complexity index is 717. The molecule has 1 N–H and O–H groups in total. The van der Waals surface area contributed by atoms with E-state index >= 15 is 0 Å². The topological polar surface area (TPSA) is 70.0 Å². The lowest BCUT2D eigenvalue weighted by Gasteiger charge is -2.06. The maximum Gasteiger partial charge on any atom is 0.271 e. The van der Waals surface area contributed by atoms with Crippen LogP contribution in [-0.2, 0) is 10.0 Å². The van der Waals surface area contributed by atoms with Gasteiger partial charge in [0, 0.05) is 0 Å². The van der Waals surface area contributed by atoms with E-state index in [1.807, 2.05) is 6.07 Å². The van der Waals surface area contributed by atoms with Gasteiger partial charge in [0.25, 0.3) is 10.0 Å². The molecule has 1 aromatic heterocycles. The quantitative estimate of drug-likeness (QED) is 0.940. The summed E-state index contributed by atoms with van der Waals surface area (Å²) in [7, 11) is -3.85. The van der Waals surface area contributed by atoms with Crippen molar-refractivity contribution < 1.29 is 12.8 Å². The van der Waals surface area contributed by atoms with Gasteiger partial charge in [-0.2, -0.15) is 5.26 Å². The van der Waals surface area contributed by atoms with Gasteiger partial charge in [-0.25, -0.2) is 12.8 Å². The van der Waals surface area contributed by atoms with Crippen molar-refractivity contribution in [1.29, 1.82) is 5.26 Å². The Hall–Kier alpha value is -1.91. The number of nitriles is 1. The van der Waals surface area contributed by atoms with Crippen LogP contribution in [0.15, 0.2) is 40.6 Å². The molecule has 2 aromatic rings. The molecule has 0 aliphatic heterocycles. The number of nitrogens with zero attached hydrogens (tertiary/aromatic N) is 1. The van der Waals surface area contributed by atoms with Crippen molar-refractivity contribution >= 4 is 27.0 Å². The highest BCUT2D eigenvalue weighted by Crippen LogP contribution is 2.24. The molecule has 1 aromatic carbocycles. The van der Waals surface area contributed by atoms with E-state index in [1.165, 1.54) is 30.3 Å². The number of para-hydroxylation sites is 1. The summed E-state index contributed by atoms with van der Waals surface area (Å²) in [6.45, 7) is 0. The standard InChI is InChI=1S/C11H7FN2O2S2/c12-9-3-1-2-4-10(9)14-18(15,16)11-6-5-8(7-13)17-11/h1-6,14H. The zero-order valence-electron chi connectivity index (χ0n) is 8.92. The Morgan fingerprint density at radius 3 is 2.56 bits per heavy atom. The second kappa shape index (κ2) is 4.76. The summed E-state index contributed by atoms with van der Waals surface area (Å²) in [6.07, 6.45) is 0. The van der Waals surface area contributed by atoms with Gasteiger partial charge in [-0.3, -0.25) is 4.72 Å². The Kier molecular flexibility index (Phi) is 3.32. The molecule has 18 heavy (non-hydrogen) atoms. The third kappa shape index (κ3) is 2.50. The highest BCUT2D eigenvalue weighted by molar-refractivity contribution is 7.94. The summed E-state index contributed by atoms with van der Waals surface area (Å²) >= 11 is 0.831. The van der Waals surface area contributed by atoms with E-state index in [0.29, 0.717) is 0 Å². The molecule has 0 aliphatic carbocycles. The van der Waals surface area contributed by atoms with Crippen molar-refractivity contribution in [3.05, 3.63) is 47.1 Å². The number of rotatable bonds is 3. The maximum absolute atomic E-state index is 13.3. The first-order valence-electron chi connectivity index (χ1n) is 4.80. The van der Waals surface area contributed by atoms with Gasteiger partial charge in [0.15, 0.2) is 0 Å². The molecule has 0 unspecified atom stereocenters. The van der Waals surface area contributed by atoms with E-state index in [1.54, 1.807) is 0 Å². The van der Waals surface area contributed by atoms with Crippen molar-refractivity contribution in [3.63, 3.8) is 0 Å². The third-order valence-electron chi connectivity index (χ3n) is 2.07. The molecule has 0 saturated carbocycles. The van der Waals surface area contributed by atoms with Crippen molar-refractivity contribution in [2.45, 2.75) is 4.21 Å². The molecule has 0 spiro atoms. The largest absolute Gasteiger partial charge is 0.276 e. The van der Waals surface area contributed by atoms with Crippen LogP contribution in [0.3, 0.4) is 0 Å². The monoisotopic (exact) mass is 282 g/mol. The lowest BCUT2D eigenvalue weighted by atomic mass is 10.3. The van der Waals surface area contributed by atoms with Crippen molar-refractivity contribution in [2.24, 2.45) is 0 Å². The van der Waals surface area contributed by atoms with Gasteiger partial charge >= 0.3 is 0 Å². The van der Waals surface area contributed by atoms with Gasteiger partial charge < -0.3 is 0 Å². The van der Waals surface area contributed by atoms with Crippen LogP contribution >= 0.6 is 11.3 Å². The van der Waals surface area contributed by atoms with Crippen molar-refractivity contribution in [2.75, 3.05) is 4.72 Å². The summed E-state index contributed by atoms with van der Waals surface area (Å²) < 4.78 is 39.3. The Balaban J connectivity index is 2.34. The zero-order chi connectivity index (χ0) is 13.2. The fourth-order valence-corrected chi connectivity index (χ4v) is 3.43. The first-order chi connectivity index (χ1) is 8.53. The SMILES string of the molecule is N#Cc1ccc(S(=O)(=O)Nc2ccccc2F)s1. The van der Waals surface area contributed by atoms with E-state index in [4.69, 9.17) is 5.26 Å². The Morgan fingerprint density at radius 1 is 1.22 bits per heavy atom. The van der Waals surface area contributed by atoms with Crippen LogP contribution < -0.4 is 4.72 Å². The minimum absolute atomic E-state index is 0.0256. The van der Waals surface area contributed by atoms with Crippen LogP contribution in [-0.4, -0.2) is 8.42 Å². The number of halogens is 1. The summed E-state index contributed by atoms with van der Waals surface area (Å²) in [5, 5.41) is 8.64. The van der Waals surface area contributed by atoms with E-state index in [9.17, 15) is 12.8 Å². The van der Waals surface area contributed by atoms with Crippen LogP contribution in [0, 0.1) is 17.1 Å². The molecule has 0 fully saturated rings. The number of benzene rings is 1. The van der Waals surface area contributed by atoms with Gasteiger partial charge in [0.05, 0.1) is 5.69 Å². The third-order valence-corrected chi connectivity index (χ3v) is 4.92. The number of hydrogen-bond donors (Lipinski definition) is 1. The van der Waals surface area contributed by atoms with Gasteiger partial charge in [-0.05, 0) is 24.3 Å². The molecule has 0 atom stereocenters. The molecular formula is C11H7FN2O2S2. The lowest BCUT2D eigenvalue weighted by molar-refractivity contribution is 0.600. The van der Waals surface area contributed by atoms with Crippen molar-refractivity contribution in [3.8, 4) is 6.07 Å². The smallest absolute Gasteiger partial charge is 0.271 e. The van der Waals surface area contributed by atoms with Gasteiger partial charge in [-0.15, -0.1) is 11.3 Å². The number of sulfonamides is 1. The van der Waals surface area contributed by atoms with E-state index < -0.39 is 15.8 Å². The summed E-state index contributed by atoms with van der Waals surface area (Å²) in [6, 6.07) is 10.0. The summed E-state index contributed by atoms with van der Waals surface area (Å²) in [5.74, 6) is -0.655. The fraction of sp³-hybridized carbons (Fsp3) is 0. The van der Waals surface area contributed by atoms with E-state index in [-0.39, 0.29) is 14.8 Å². The average Bonchev–Trinajstić information content (AvgIpc) is 2.81. The summed E-state index contributed by atoms with van der Waals surface area (Å²) in [5.41, 5.74) is -0.121. The molecular weight excluding hydrogens is 275 g/mol. The first-order valence-corrected chi connectivity index (χ1v) is 7.10. The molecule has 0 aliphatic rings. The second-order valence-electron chi connectivity index (χ2n) is 3.32. The zero-order valence-corrected chi connectivity index (χ0v) is 10.6. The molecule has 0 amide bonds. The summed E-state index contributed by atoms with van der Waals surface area (Å²) in [4.78, 5) is 0.281. The first kappa shape index (κ1) is 12.5. The van der Waals surface area contributed by atoms with Crippen LogP contribution in [0.5, 0.6) is 0 Å². The van der Waals surface area contributed by atoms with Crippen LogP contribution in [0.2, 0.25) is 0 Å². The van der Waals surface area contributed by atoms with Crippen LogP contribution in [0.25, 0.3) is 0 Å². The number of hydrogen-bond acceptors (Lipinski definition) is 4. The van der Waals surface area contributed by atoms with Gasteiger partial charge in [0.2, 0.25) is 0 Å². The Morgan fingerprint density at radius 2 is 1.94 bits per heavy atom. The highest BCUT2D eigenvalue weighted by atomic mass is 32.2. The molecule has 7 heteroatoms.